The second-order valence-corrected chi connectivity index (χ2v) is 6.45. The summed E-state index contributed by atoms with van der Waals surface area (Å²) in [7, 11) is 1.62. The Kier molecular flexibility index (Phi) is 6.41. The number of nitrogens with zero attached hydrogens (tertiary/aromatic N) is 2. The van der Waals surface area contributed by atoms with Crippen molar-refractivity contribution >= 4 is 5.91 Å². The molecule has 0 atom stereocenters. The molecule has 1 N–H and O–H groups in total. The van der Waals surface area contributed by atoms with E-state index in [4.69, 9.17) is 9.26 Å². The van der Waals surface area contributed by atoms with Crippen molar-refractivity contribution in [1.82, 2.24) is 15.5 Å². The first kappa shape index (κ1) is 18.2. The minimum atomic E-state index is 0.0191. The molecule has 1 aromatic carbocycles. The average molecular weight is 355 g/mol. The number of hydrogen-bond donors (Lipinski definition) is 1. The van der Waals surface area contributed by atoms with Crippen LogP contribution in [0.25, 0.3) is 11.4 Å². The zero-order chi connectivity index (χ0) is 18.2. The van der Waals surface area contributed by atoms with Crippen LogP contribution in [0, 0.1) is 0 Å². The molecule has 0 bridgehead atoms. The molecule has 6 nitrogen and oxygen atoms in total. The second kappa shape index (κ2) is 9.17. The molecule has 2 aromatic rings. The molecular weight excluding hydrogens is 330 g/mol. The van der Waals surface area contributed by atoms with E-state index in [1.165, 1.54) is 31.3 Å². The van der Waals surface area contributed by atoms with Gasteiger partial charge in [-0.25, -0.2) is 0 Å². The standard InChI is InChI=1S/C20H25N3O3/c1-25-17-9-7-16(8-10-17)20-22-19(26-23-20)12-11-18(24)21-14-13-15-5-3-2-4-6-15/h5,7-10H,2-4,6,11-14H2,1H3,(H,21,24). The molecule has 0 unspecified atom stereocenters. The third-order valence-corrected chi connectivity index (χ3v) is 4.54. The number of methoxy groups -OCH3 is 1. The van der Waals surface area contributed by atoms with E-state index in [2.05, 4.69) is 21.5 Å². The number of aromatic nitrogens is 2. The Bertz CT molecular complexity index is 750. The summed E-state index contributed by atoms with van der Waals surface area (Å²) in [6, 6.07) is 7.45. The number of aryl methyl sites for hydroxylation is 1. The lowest BCUT2D eigenvalue weighted by atomic mass is 9.97. The van der Waals surface area contributed by atoms with Gasteiger partial charge in [-0.15, -0.1) is 0 Å². The molecule has 0 spiro atoms. The highest BCUT2D eigenvalue weighted by atomic mass is 16.5. The molecule has 1 aliphatic carbocycles. The summed E-state index contributed by atoms with van der Waals surface area (Å²) in [6.45, 7) is 0.700. The zero-order valence-corrected chi connectivity index (χ0v) is 15.2. The fourth-order valence-electron chi connectivity index (χ4n) is 3.02. The lowest BCUT2D eigenvalue weighted by molar-refractivity contribution is -0.121. The summed E-state index contributed by atoms with van der Waals surface area (Å²) in [5.74, 6) is 1.79. The van der Waals surface area contributed by atoms with Crippen LogP contribution >= 0.6 is 0 Å². The van der Waals surface area contributed by atoms with Gasteiger partial charge in [0.1, 0.15) is 5.75 Å². The molecule has 138 valence electrons. The topological polar surface area (TPSA) is 77.2 Å². The van der Waals surface area contributed by atoms with Crippen LogP contribution in [-0.2, 0) is 11.2 Å². The van der Waals surface area contributed by atoms with Crippen LogP contribution in [0.2, 0.25) is 0 Å². The molecule has 1 amide bonds. The van der Waals surface area contributed by atoms with E-state index in [0.29, 0.717) is 31.1 Å². The van der Waals surface area contributed by atoms with Crippen LogP contribution < -0.4 is 10.1 Å². The van der Waals surface area contributed by atoms with Crippen molar-refractivity contribution in [2.75, 3.05) is 13.7 Å². The van der Waals surface area contributed by atoms with Gasteiger partial charge in [-0.3, -0.25) is 4.79 Å². The van der Waals surface area contributed by atoms with Gasteiger partial charge in [-0.2, -0.15) is 4.98 Å². The van der Waals surface area contributed by atoms with Gasteiger partial charge in [-0.1, -0.05) is 16.8 Å². The minimum Gasteiger partial charge on any atom is -0.497 e. The number of benzene rings is 1. The van der Waals surface area contributed by atoms with Gasteiger partial charge in [0.2, 0.25) is 17.6 Å². The number of ether oxygens (including phenoxy) is 1. The van der Waals surface area contributed by atoms with E-state index in [0.717, 1.165) is 17.7 Å². The van der Waals surface area contributed by atoms with E-state index in [1.807, 2.05) is 24.3 Å². The van der Waals surface area contributed by atoms with Crippen molar-refractivity contribution in [3.8, 4) is 17.1 Å². The number of carbonyl (C=O) groups is 1. The van der Waals surface area contributed by atoms with E-state index in [9.17, 15) is 4.79 Å². The zero-order valence-electron chi connectivity index (χ0n) is 15.2. The smallest absolute Gasteiger partial charge is 0.227 e. The van der Waals surface area contributed by atoms with E-state index in [1.54, 1.807) is 7.11 Å². The van der Waals surface area contributed by atoms with E-state index < -0.39 is 0 Å². The van der Waals surface area contributed by atoms with Crippen molar-refractivity contribution in [2.45, 2.75) is 44.9 Å². The van der Waals surface area contributed by atoms with Gasteiger partial charge in [-0.05, 0) is 56.4 Å². The predicted molar refractivity (Wildman–Crippen MR) is 98.8 cm³/mol. The number of rotatable bonds is 8. The maximum atomic E-state index is 12.0. The van der Waals surface area contributed by atoms with Gasteiger partial charge in [0, 0.05) is 24.9 Å². The van der Waals surface area contributed by atoms with E-state index in [-0.39, 0.29) is 5.91 Å². The first-order valence-corrected chi connectivity index (χ1v) is 9.16. The molecule has 0 saturated heterocycles. The monoisotopic (exact) mass is 355 g/mol. The number of amides is 1. The van der Waals surface area contributed by atoms with Crippen molar-refractivity contribution in [2.24, 2.45) is 0 Å². The summed E-state index contributed by atoms with van der Waals surface area (Å²) in [5, 5.41) is 6.94. The third kappa shape index (κ3) is 5.18. The first-order chi connectivity index (χ1) is 12.7. The molecule has 26 heavy (non-hydrogen) atoms. The molecule has 0 radical (unpaired) electrons. The average Bonchev–Trinajstić information content (AvgIpc) is 3.16. The Balaban J connectivity index is 1.42. The van der Waals surface area contributed by atoms with E-state index >= 15 is 0 Å². The highest BCUT2D eigenvalue weighted by Gasteiger charge is 2.11. The van der Waals surface area contributed by atoms with Crippen LogP contribution in [0.15, 0.2) is 40.4 Å². The molecule has 0 saturated carbocycles. The lowest BCUT2D eigenvalue weighted by Crippen LogP contribution is -2.25. The van der Waals surface area contributed by atoms with Crippen LogP contribution in [0.5, 0.6) is 5.75 Å². The largest absolute Gasteiger partial charge is 0.497 e. The minimum absolute atomic E-state index is 0.0191. The maximum absolute atomic E-state index is 12.0. The number of allylic oxidation sites excluding steroid dienone is 1. The summed E-state index contributed by atoms with van der Waals surface area (Å²) < 4.78 is 10.4. The van der Waals surface area contributed by atoms with Gasteiger partial charge >= 0.3 is 0 Å². The Morgan fingerprint density at radius 1 is 1.23 bits per heavy atom. The number of carbonyl (C=O) groups excluding carboxylic acids is 1. The predicted octanol–water partition coefficient (Wildman–Crippen LogP) is 3.68. The van der Waals surface area contributed by atoms with Gasteiger partial charge in [0.15, 0.2) is 0 Å². The molecule has 1 aliphatic rings. The van der Waals surface area contributed by atoms with Crippen LogP contribution in [0.4, 0.5) is 0 Å². The molecule has 0 aliphatic heterocycles. The molecule has 1 heterocycles. The second-order valence-electron chi connectivity index (χ2n) is 6.45. The normalized spacial score (nSPS) is 14.0. The Labute approximate surface area is 153 Å². The molecule has 1 aromatic heterocycles. The Morgan fingerprint density at radius 2 is 2.08 bits per heavy atom. The fourth-order valence-corrected chi connectivity index (χ4v) is 3.02. The number of hydrogen-bond acceptors (Lipinski definition) is 5. The Hall–Kier alpha value is -2.63. The van der Waals surface area contributed by atoms with Crippen LogP contribution in [0.3, 0.4) is 0 Å². The summed E-state index contributed by atoms with van der Waals surface area (Å²) >= 11 is 0. The highest BCUT2D eigenvalue weighted by Crippen LogP contribution is 2.20. The fraction of sp³-hybridized carbons (Fsp3) is 0.450. The molecule has 0 fully saturated rings. The molecule has 3 rings (SSSR count). The third-order valence-electron chi connectivity index (χ3n) is 4.54. The highest BCUT2D eigenvalue weighted by molar-refractivity contribution is 5.76. The van der Waals surface area contributed by atoms with Gasteiger partial charge in [0.25, 0.3) is 0 Å². The lowest BCUT2D eigenvalue weighted by Gasteiger charge is -2.12. The first-order valence-electron chi connectivity index (χ1n) is 9.16. The van der Waals surface area contributed by atoms with Gasteiger partial charge in [0.05, 0.1) is 7.11 Å². The molecule has 6 heteroatoms. The quantitative estimate of drug-likeness (QED) is 0.731. The SMILES string of the molecule is COc1ccc(-c2noc(CCC(=O)NCCC3=CCCCC3)n2)cc1. The van der Waals surface area contributed by atoms with Crippen LogP contribution in [0.1, 0.15) is 44.4 Å². The van der Waals surface area contributed by atoms with Gasteiger partial charge < -0.3 is 14.6 Å². The Morgan fingerprint density at radius 3 is 2.81 bits per heavy atom. The summed E-state index contributed by atoms with van der Waals surface area (Å²) in [4.78, 5) is 16.3. The molecular formula is C20H25N3O3. The maximum Gasteiger partial charge on any atom is 0.227 e. The van der Waals surface area contributed by atoms with Crippen molar-refractivity contribution in [3.63, 3.8) is 0 Å². The number of nitrogens with one attached hydrogen (secondary N) is 1. The van der Waals surface area contributed by atoms with Crippen molar-refractivity contribution in [3.05, 3.63) is 41.8 Å². The van der Waals surface area contributed by atoms with Crippen LogP contribution in [-0.4, -0.2) is 29.7 Å². The van der Waals surface area contributed by atoms with Crippen molar-refractivity contribution in [1.29, 1.82) is 0 Å². The summed E-state index contributed by atoms with van der Waals surface area (Å²) in [6.07, 6.45) is 8.97. The summed E-state index contributed by atoms with van der Waals surface area (Å²) in [5.41, 5.74) is 2.32. The van der Waals surface area contributed by atoms with Crippen molar-refractivity contribution < 1.29 is 14.1 Å².